The van der Waals surface area contributed by atoms with Crippen molar-refractivity contribution in [1.29, 1.82) is 0 Å². The summed E-state index contributed by atoms with van der Waals surface area (Å²) in [7, 11) is 0. The SMILES string of the molecule is CC(C)(C)c1ccc2c(C3CCCCC3)c(Br)[nH]c2c1. The van der Waals surface area contributed by atoms with Gasteiger partial charge in [-0.05, 0) is 57.3 Å². The van der Waals surface area contributed by atoms with Gasteiger partial charge in [0.15, 0.2) is 0 Å². The van der Waals surface area contributed by atoms with Gasteiger partial charge in [0.1, 0.15) is 0 Å². The first-order valence-electron chi connectivity index (χ1n) is 7.78. The van der Waals surface area contributed by atoms with E-state index in [1.54, 1.807) is 0 Å². The van der Waals surface area contributed by atoms with Gasteiger partial charge in [0, 0.05) is 10.9 Å². The number of aromatic amines is 1. The topological polar surface area (TPSA) is 15.8 Å². The standard InChI is InChI=1S/C18H24BrN/c1-18(2,3)13-9-10-14-15(11-13)20-17(19)16(14)12-7-5-4-6-8-12/h9-12,20H,4-8H2,1-3H3. The zero-order valence-electron chi connectivity index (χ0n) is 12.7. The van der Waals surface area contributed by atoms with E-state index in [0.717, 1.165) is 5.92 Å². The molecular weight excluding hydrogens is 310 g/mol. The van der Waals surface area contributed by atoms with Crippen LogP contribution in [0, 0.1) is 0 Å². The molecule has 1 N–H and O–H groups in total. The van der Waals surface area contributed by atoms with Crippen LogP contribution in [-0.2, 0) is 5.41 Å². The van der Waals surface area contributed by atoms with Crippen LogP contribution in [0.15, 0.2) is 22.8 Å². The molecule has 0 atom stereocenters. The number of H-pyrrole nitrogens is 1. The lowest BCUT2D eigenvalue weighted by Crippen LogP contribution is -2.10. The van der Waals surface area contributed by atoms with Gasteiger partial charge in [0.25, 0.3) is 0 Å². The first kappa shape index (κ1) is 14.2. The molecule has 0 amide bonds. The Labute approximate surface area is 130 Å². The molecule has 1 aliphatic carbocycles. The summed E-state index contributed by atoms with van der Waals surface area (Å²) in [6.45, 7) is 6.82. The summed E-state index contributed by atoms with van der Waals surface area (Å²) >= 11 is 3.76. The van der Waals surface area contributed by atoms with Crippen LogP contribution in [0.3, 0.4) is 0 Å². The van der Waals surface area contributed by atoms with Gasteiger partial charge in [-0.3, -0.25) is 0 Å². The maximum atomic E-state index is 3.76. The lowest BCUT2D eigenvalue weighted by molar-refractivity contribution is 0.444. The van der Waals surface area contributed by atoms with Crippen molar-refractivity contribution in [3.05, 3.63) is 33.9 Å². The number of hydrogen-bond donors (Lipinski definition) is 1. The number of fused-ring (bicyclic) bond motifs is 1. The number of aromatic nitrogens is 1. The number of halogens is 1. The van der Waals surface area contributed by atoms with Crippen LogP contribution in [0.4, 0.5) is 0 Å². The molecule has 1 aliphatic rings. The minimum absolute atomic E-state index is 0.205. The van der Waals surface area contributed by atoms with Crippen molar-refractivity contribution < 1.29 is 0 Å². The second-order valence-electron chi connectivity index (χ2n) is 7.20. The van der Waals surface area contributed by atoms with Crippen LogP contribution in [0.5, 0.6) is 0 Å². The number of rotatable bonds is 1. The Morgan fingerprint density at radius 3 is 2.45 bits per heavy atom. The first-order chi connectivity index (χ1) is 9.47. The van der Waals surface area contributed by atoms with Gasteiger partial charge in [-0.2, -0.15) is 0 Å². The third-order valence-corrected chi connectivity index (χ3v) is 5.30. The summed E-state index contributed by atoms with van der Waals surface area (Å²) in [4.78, 5) is 3.55. The van der Waals surface area contributed by atoms with E-state index >= 15 is 0 Å². The van der Waals surface area contributed by atoms with Crippen molar-refractivity contribution in [3.8, 4) is 0 Å². The molecule has 108 valence electrons. The third-order valence-electron chi connectivity index (χ3n) is 4.67. The fourth-order valence-electron chi connectivity index (χ4n) is 3.44. The van der Waals surface area contributed by atoms with Crippen molar-refractivity contribution in [1.82, 2.24) is 4.98 Å². The molecule has 0 radical (unpaired) electrons. The molecule has 1 aromatic heterocycles. The largest absolute Gasteiger partial charge is 0.349 e. The number of hydrogen-bond acceptors (Lipinski definition) is 0. The average Bonchev–Trinajstić information content (AvgIpc) is 2.73. The number of nitrogens with one attached hydrogen (secondary N) is 1. The Kier molecular flexibility index (Phi) is 3.70. The van der Waals surface area contributed by atoms with Crippen LogP contribution >= 0.6 is 15.9 Å². The predicted octanol–water partition coefficient (Wildman–Crippen LogP) is 6.28. The Balaban J connectivity index is 2.07. The molecule has 1 nitrogen and oxygen atoms in total. The van der Waals surface area contributed by atoms with E-state index in [9.17, 15) is 0 Å². The lowest BCUT2D eigenvalue weighted by Gasteiger charge is -2.22. The van der Waals surface area contributed by atoms with Gasteiger partial charge >= 0.3 is 0 Å². The van der Waals surface area contributed by atoms with Crippen molar-refractivity contribution in [2.75, 3.05) is 0 Å². The van der Waals surface area contributed by atoms with Gasteiger partial charge in [-0.25, -0.2) is 0 Å². The lowest BCUT2D eigenvalue weighted by atomic mass is 9.83. The molecule has 0 spiro atoms. The van der Waals surface area contributed by atoms with Crippen molar-refractivity contribution in [3.63, 3.8) is 0 Å². The maximum Gasteiger partial charge on any atom is 0.0866 e. The third kappa shape index (κ3) is 2.55. The summed E-state index contributed by atoms with van der Waals surface area (Å²) in [5.74, 6) is 0.729. The average molecular weight is 334 g/mol. The molecule has 2 aromatic rings. The van der Waals surface area contributed by atoms with E-state index in [1.165, 1.54) is 58.7 Å². The Hall–Kier alpha value is -0.760. The molecule has 2 heteroatoms. The monoisotopic (exact) mass is 333 g/mol. The molecule has 0 saturated heterocycles. The highest BCUT2D eigenvalue weighted by atomic mass is 79.9. The van der Waals surface area contributed by atoms with Crippen LogP contribution in [0.25, 0.3) is 10.9 Å². The Bertz CT molecular complexity index is 612. The normalized spacial score (nSPS) is 17.8. The van der Waals surface area contributed by atoms with Crippen LogP contribution in [0.2, 0.25) is 0 Å². The molecule has 1 heterocycles. The highest BCUT2D eigenvalue weighted by molar-refractivity contribution is 9.10. The Morgan fingerprint density at radius 1 is 1.10 bits per heavy atom. The highest BCUT2D eigenvalue weighted by Gasteiger charge is 2.23. The van der Waals surface area contributed by atoms with Gasteiger partial charge < -0.3 is 4.98 Å². The molecule has 1 saturated carbocycles. The Morgan fingerprint density at radius 2 is 1.80 bits per heavy atom. The fourth-order valence-corrected chi connectivity index (χ4v) is 4.19. The van der Waals surface area contributed by atoms with Gasteiger partial charge in [-0.1, -0.05) is 52.2 Å². The molecule has 0 unspecified atom stereocenters. The molecule has 20 heavy (non-hydrogen) atoms. The molecule has 1 fully saturated rings. The molecule has 3 rings (SSSR count). The second kappa shape index (κ2) is 5.22. The maximum absolute atomic E-state index is 3.76. The van der Waals surface area contributed by atoms with E-state index in [2.05, 4.69) is 59.9 Å². The quantitative estimate of drug-likeness (QED) is 0.632. The van der Waals surface area contributed by atoms with E-state index in [0.29, 0.717) is 0 Å². The van der Waals surface area contributed by atoms with Crippen LogP contribution < -0.4 is 0 Å². The summed E-state index contributed by atoms with van der Waals surface area (Å²) in [5.41, 5.74) is 4.40. The summed E-state index contributed by atoms with van der Waals surface area (Å²) < 4.78 is 1.20. The summed E-state index contributed by atoms with van der Waals surface area (Å²) in [5, 5.41) is 1.41. The zero-order valence-corrected chi connectivity index (χ0v) is 14.3. The van der Waals surface area contributed by atoms with Gasteiger partial charge in [0.2, 0.25) is 0 Å². The zero-order chi connectivity index (χ0) is 14.3. The van der Waals surface area contributed by atoms with E-state index in [-0.39, 0.29) is 5.41 Å². The van der Waals surface area contributed by atoms with E-state index in [1.807, 2.05) is 0 Å². The van der Waals surface area contributed by atoms with E-state index < -0.39 is 0 Å². The minimum Gasteiger partial charge on any atom is -0.349 e. The second-order valence-corrected chi connectivity index (χ2v) is 7.99. The summed E-state index contributed by atoms with van der Waals surface area (Å²) in [6.07, 6.45) is 6.84. The molecule has 1 aromatic carbocycles. The van der Waals surface area contributed by atoms with Gasteiger partial charge in [0.05, 0.1) is 4.60 Å². The van der Waals surface area contributed by atoms with Crippen molar-refractivity contribution in [2.24, 2.45) is 0 Å². The van der Waals surface area contributed by atoms with Crippen LogP contribution in [0.1, 0.15) is 69.9 Å². The molecular formula is C18H24BrN. The van der Waals surface area contributed by atoms with Crippen LogP contribution in [-0.4, -0.2) is 4.98 Å². The number of benzene rings is 1. The van der Waals surface area contributed by atoms with Crippen molar-refractivity contribution >= 4 is 26.8 Å². The molecule has 0 aliphatic heterocycles. The van der Waals surface area contributed by atoms with Gasteiger partial charge in [-0.15, -0.1) is 0 Å². The summed E-state index contributed by atoms with van der Waals surface area (Å²) in [6, 6.07) is 6.95. The van der Waals surface area contributed by atoms with Crippen molar-refractivity contribution in [2.45, 2.75) is 64.2 Å². The molecule has 0 bridgehead atoms. The predicted molar refractivity (Wildman–Crippen MR) is 90.5 cm³/mol. The first-order valence-corrected chi connectivity index (χ1v) is 8.58. The van der Waals surface area contributed by atoms with E-state index in [4.69, 9.17) is 0 Å². The smallest absolute Gasteiger partial charge is 0.0866 e. The minimum atomic E-state index is 0.205. The highest BCUT2D eigenvalue weighted by Crippen LogP contribution is 2.41. The fraction of sp³-hybridized carbons (Fsp3) is 0.556.